The minimum Gasteiger partial charge on any atom is -0.475 e. The first-order chi connectivity index (χ1) is 9.93. The predicted octanol–water partition coefficient (Wildman–Crippen LogP) is -1.71. The van der Waals surface area contributed by atoms with Crippen LogP contribution < -0.4 is 0 Å². The number of aliphatic hydroxyl groups is 4. The Morgan fingerprint density at radius 1 is 1.19 bits per heavy atom. The molecule has 2 heterocycles. The molecular formula is C12H16O9. The van der Waals surface area contributed by atoms with E-state index in [4.69, 9.17) is 24.1 Å². The number of carbonyl (C=O) groups is 1. The lowest BCUT2D eigenvalue weighted by atomic mass is 9.99. The Kier molecular flexibility index (Phi) is 4.93. The second-order valence-electron chi connectivity index (χ2n) is 4.58. The highest BCUT2D eigenvalue weighted by Gasteiger charge is 2.44. The van der Waals surface area contributed by atoms with Crippen LogP contribution in [0.25, 0.3) is 0 Å². The standard InChI is InChI=1S/C12H16O9/c13-3-7-8(14)9(15)10(16)12(21-7)19-4-5-1-2-6(20-5)11(17)18/h1-2,7-10,12-16H,3-4H2,(H,17,18)/t7-,8-,9+,10-,12-/m1/s1. The van der Waals surface area contributed by atoms with E-state index in [1.807, 2.05) is 0 Å². The fourth-order valence-electron chi connectivity index (χ4n) is 1.94. The van der Waals surface area contributed by atoms with E-state index in [1.165, 1.54) is 12.1 Å². The molecule has 0 spiro atoms. The van der Waals surface area contributed by atoms with Gasteiger partial charge in [0.25, 0.3) is 0 Å². The van der Waals surface area contributed by atoms with Crippen molar-refractivity contribution in [3.05, 3.63) is 23.7 Å². The van der Waals surface area contributed by atoms with Gasteiger partial charge < -0.3 is 39.4 Å². The summed E-state index contributed by atoms with van der Waals surface area (Å²) in [7, 11) is 0. The molecule has 0 radical (unpaired) electrons. The summed E-state index contributed by atoms with van der Waals surface area (Å²) in [6.07, 6.45) is -6.88. The average Bonchev–Trinajstić information content (AvgIpc) is 2.93. The number of hydrogen-bond donors (Lipinski definition) is 5. The molecule has 0 aromatic carbocycles. The van der Waals surface area contributed by atoms with Crippen LogP contribution in [-0.2, 0) is 16.1 Å². The summed E-state index contributed by atoms with van der Waals surface area (Å²) in [6, 6.07) is 2.63. The molecule has 1 aromatic heterocycles. The maximum absolute atomic E-state index is 10.6. The summed E-state index contributed by atoms with van der Waals surface area (Å²) in [5, 5.41) is 46.6. The van der Waals surface area contributed by atoms with Crippen molar-refractivity contribution in [1.82, 2.24) is 0 Å². The molecule has 9 heteroatoms. The van der Waals surface area contributed by atoms with Crippen molar-refractivity contribution in [2.75, 3.05) is 6.61 Å². The van der Waals surface area contributed by atoms with Crippen molar-refractivity contribution in [2.45, 2.75) is 37.3 Å². The van der Waals surface area contributed by atoms with E-state index in [1.54, 1.807) is 0 Å². The van der Waals surface area contributed by atoms with Gasteiger partial charge in [-0.25, -0.2) is 4.79 Å². The maximum atomic E-state index is 10.6. The SMILES string of the molecule is O=C(O)c1ccc(CO[C@@H]2O[C@H](CO)[C@@H](O)[C@H](O)[C@H]2O)o1. The Morgan fingerprint density at radius 3 is 2.48 bits per heavy atom. The number of aromatic carboxylic acids is 1. The number of carboxylic acids is 1. The second kappa shape index (κ2) is 6.52. The fraction of sp³-hybridized carbons (Fsp3) is 0.583. The molecule has 0 saturated carbocycles. The average molecular weight is 304 g/mol. The van der Waals surface area contributed by atoms with Crippen LogP contribution in [0.3, 0.4) is 0 Å². The topological polar surface area (TPSA) is 150 Å². The Morgan fingerprint density at radius 2 is 1.90 bits per heavy atom. The first-order valence-corrected chi connectivity index (χ1v) is 6.18. The van der Waals surface area contributed by atoms with Gasteiger partial charge in [-0.15, -0.1) is 0 Å². The molecule has 1 fully saturated rings. The minimum absolute atomic E-state index is 0.185. The molecule has 5 N–H and O–H groups in total. The Balaban J connectivity index is 1.96. The van der Waals surface area contributed by atoms with E-state index in [0.717, 1.165) is 0 Å². The van der Waals surface area contributed by atoms with E-state index in [2.05, 4.69) is 0 Å². The van der Waals surface area contributed by atoms with E-state index in [9.17, 15) is 20.1 Å². The fourth-order valence-corrected chi connectivity index (χ4v) is 1.94. The lowest BCUT2D eigenvalue weighted by molar-refractivity contribution is -0.304. The molecule has 1 aliphatic rings. The molecule has 118 valence electrons. The van der Waals surface area contributed by atoms with Gasteiger partial charge in [0.15, 0.2) is 6.29 Å². The van der Waals surface area contributed by atoms with E-state index >= 15 is 0 Å². The van der Waals surface area contributed by atoms with Crippen LogP contribution >= 0.6 is 0 Å². The molecule has 0 amide bonds. The van der Waals surface area contributed by atoms with E-state index < -0.39 is 43.3 Å². The number of rotatable bonds is 5. The van der Waals surface area contributed by atoms with Crippen molar-refractivity contribution in [1.29, 1.82) is 0 Å². The van der Waals surface area contributed by atoms with Crippen molar-refractivity contribution < 1.29 is 44.2 Å². The van der Waals surface area contributed by atoms with Gasteiger partial charge in [0, 0.05) is 0 Å². The molecule has 9 nitrogen and oxygen atoms in total. The lowest BCUT2D eigenvalue weighted by Crippen LogP contribution is -2.59. The van der Waals surface area contributed by atoms with Crippen molar-refractivity contribution in [3.8, 4) is 0 Å². The first-order valence-electron chi connectivity index (χ1n) is 6.18. The third-order valence-electron chi connectivity index (χ3n) is 3.11. The number of furan rings is 1. The van der Waals surface area contributed by atoms with Crippen molar-refractivity contribution >= 4 is 5.97 Å². The van der Waals surface area contributed by atoms with Crippen LogP contribution in [0, 0.1) is 0 Å². The van der Waals surface area contributed by atoms with Gasteiger partial charge in [-0.3, -0.25) is 0 Å². The van der Waals surface area contributed by atoms with Crippen LogP contribution in [0.2, 0.25) is 0 Å². The first kappa shape index (κ1) is 15.9. The molecule has 1 aliphatic heterocycles. The summed E-state index contributed by atoms with van der Waals surface area (Å²) in [5.41, 5.74) is 0. The quantitative estimate of drug-likeness (QED) is 0.428. The minimum atomic E-state index is -1.54. The number of aliphatic hydroxyl groups excluding tert-OH is 4. The van der Waals surface area contributed by atoms with Crippen molar-refractivity contribution in [3.63, 3.8) is 0 Å². The zero-order valence-corrected chi connectivity index (χ0v) is 10.8. The molecule has 0 unspecified atom stereocenters. The van der Waals surface area contributed by atoms with E-state index in [-0.39, 0.29) is 18.1 Å². The zero-order chi connectivity index (χ0) is 15.6. The maximum Gasteiger partial charge on any atom is 0.371 e. The molecule has 0 aliphatic carbocycles. The Bertz CT molecular complexity index is 483. The summed E-state index contributed by atoms with van der Waals surface area (Å²) >= 11 is 0. The smallest absolute Gasteiger partial charge is 0.371 e. The van der Waals surface area contributed by atoms with Crippen LogP contribution in [0.5, 0.6) is 0 Å². The van der Waals surface area contributed by atoms with Crippen molar-refractivity contribution in [2.24, 2.45) is 0 Å². The normalized spacial score (nSPS) is 33.0. The monoisotopic (exact) mass is 304 g/mol. The van der Waals surface area contributed by atoms with Crippen LogP contribution in [0.1, 0.15) is 16.3 Å². The molecular weight excluding hydrogens is 288 g/mol. The number of carboxylic acid groups (broad SMARTS) is 1. The van der Waals surface area contributed by atoms with Gasteiger partial charge in [-0.1, -0.05) is 0 Å². The number of ether oxygens (including phenoxy) is 2. The number of hydrogen-bond acceptors (Lipinski definition) is 8. The van der Waals surface area contributed by atoms with Gasteiger partial charge in [-0.05, 0) is 12.1 Å². The van der Waals surface area contributed by atoms with Gasteiger partial charge in [0.2, 0.25) is 5.76 Å². The van der Waals surface area contributed by atoms with Crippen LogP contribution in [0.15, 0.2) is 16.5 Å². The highest BCUT2D eigenvalue weighted by molar-refractivity contribution is 5.84. The van der Waals surface area contributed by atoms with Gasteiger partial charge in [0.05, 0.1) is 6.61 Å². The third-order valence-corrected chi connectivity index (χ3v) is 3.11. The third kappa shape index (κ3) is 3.40. The zero-order valence-electron chi connectivity index (χ0n) is 10.8. The molecule has 21 heavy (non-hydrogen) atoms. The van der Waals surface area contributed by atoms with Crippen LogP contribution in [-0.4, -0.2) is 68.8 Å². The summed E-state index contributed by atoms with van der Waals surface area (Å²) in [5.74, 6) is -1.30. The molecule has 1 aromatic rings. The summed E-state index contributed by atoms with van der Waals surface area (Å²) in [6.45, 7) is -0.773. The van der Waals surface area contributed by atoms with Gasteiger partial charge >= 0.3 is 5.97 Å². The molecule has 0 bridgehead atoms. The molecule has 5 atom stereocenters. The predicted molar refractivity (Wildman–Crippen MR) is 64.2 cm³/mol. The molecule has 1 saturated heterocycles. The highest BCUT2D eigenvalue weighted by Crippen LogP contribution is 2.23. The Labute approximate surface area is 118 Å². The second-order valence-corrected chi connectivity index (χ2v) is 4.58. The van der Waals surface area contributed by atoms with Crippen LogP contribution in [0.4, 0.5) is 0 Å². The van der Waals surface area contributed by atoms with Gasteiger partial charge in [-0.2, -0.15) is 0 Å². The summed E-state index contributed by atoms with van der Waals surface area (Å²) in [4.78, 5) is 10.6. The largest absolute Gasteiger partial charge is 0.475 e. The van der Waals surface area contributed by atoms with Gasteiger partial charge in [0.1, 0.15) is 36.8 Å². The summed E-state index contributed by atoms with van der Waals surface area (Å²) < 4.78 is 15.2. The Hall–Kier alpha value is -1.49. The lowest BCUT2D eigenvalue weighted by Gasteiger charge is -2.39. The molecule has 2 rings (SSSR count). The highest BCUT2D eigenvalue weighted by atomic mass is 16.7. The van der Waals surface area contributed by atoms with E-state index in [0.29, 0.717) is 0 Å².